The molecule has 154 valence electrons. The summed E-state index contributed by atoms with van der Waals surface area (Å²) in [5.41, 5.74) is 1.84. The summed E-state index contributed by atoms with van der Waals surface area (Å²) < 4.78 is 28.1. The van der Waals surface area contributed by atoms with Crippen LogP contribution in [0.2, 0.25) is 5.02 Å². The van der Waals surface area contributed by atoms with Gasteiger partial charge in [-0.1, -0.05) is 23.7 Å². The monoisotopic (exact) mass is 429 g/mol. The topological polar surface area (TPSA) is 70.2 Å². The van der Waals surface area contributed by atoms with Crippen molar-refractivity contribution >= 4 is 29.1 Å². The van der Waals surface area contributed by atoms with Gasteiger partial charge in [0.1, 0.15) is 11.6 Å². The van der Waals surface area contributed by atoms with Gasteiger partial charge in [-0.2, -0.15) is 0 Å². The van der Waals surface area contributed by atoms with E-state index in [4.69, 9.17) is 11.6 Å². The van der Waals surface area contributed by atoms with Crippen molar-refractivity contribution in [3.63, 3.8) is 0 Å². The minimum Gasteiger partial charge on any atom is -0.365 e. The Balaban J connectivity index is 1.71. The van der Waals surface area contributed by atoms with E-state index in [0.29, 0.717) is 41.5 Å². The molecule has 1 aromatic heterocycles. The number of rotatable bonds is 4. The quantitative estimate of drug-likeness (QED) is 0.616. The molecule has 3 aromatic rings. The van der Waals surface area contributed by atoms with Crippen LogP contribution in [0.4, 0.5) is 20.4 Å². The van der Waals surface area contributed by atoms with Gasteiger partial charge in [0.15, 0.2) is 11.6 Å². The number of amides is 1. The molecule has 2 heterocycles. The van der Waals surface area contributed by atoms with Crippen LogP contribution in [0.3, 0.4) is 0 Å². The summed E-state index contributed by atoms with van der Waals surface area (Å²) in [7, 11) is 1.56. The predicted octanol–water partition coefficient (Wildman–Crippen LogP) is 3.87. The summed E-state index contributed by atoms with van der Waals surface area (Å²) in [4.78, 5) is 22.8. The van der Waals surface area contributed by atoms with Gasteiger partial charge in [-0.05, 0) is 24.3 Å². The largest absolute Gasteiger partial charge is 0.365 e. The maximum atomic E-state index is 14.3. The minimum atomic E-state index is -0.672. The van der Waals surface area contributed by atoms with Crippen molar-refractivity contribution in [3.05, 3.63) is 70.4 Å². The molecule has 2 aromatic carbocycles. The van der Waals surface area contributed by atoms with Crippen molar-refractivity contribution in [2.75, 3.05) is 30.4 Å². The van der Waals surface area contributed by atoms with Crippen LogP contribution >= 0.6 is 11.6 Å². The second-order valence-electron chi connectivity index (χ2n) is 6.76. The maximum Gasteiger partial charge on any atom is 0.251 e. The lowest BCUT2D eigenvalue weighted by Crippen LogP contribution is -2.35. The van der Waals surface area contributed by atoms with Crippen LogP contribution in [-0.2, 0) is 6.54 Å². The molecule has 1 aliphatic heterocycles. The Kier molecular flexibility index (Phi) is 5.50. The summed E-state index contributed by atoms with van der Waals surface area (Å²) in [5.74, 6) is -0.412. The van der Waals surface area contributed by atoms with E-state index in [1.807, 2.05) is 6.07 Å². The van der Waals surface area contributed by atoms with Gasteiger partial charge in [-0.3, -0.25) is 4.79 Å². The van der Waals surface area contributed by atoms with Gasteiger partial charge < -0.3 is 15.5 Å². The molecule has 6 nitrogen and oxygen atoms in total. The van der Waals surface area contributed by atoms with Gasteiger partial charge in [0.25, 0.3) is 5.91 Å². The molecule has 0 unspecified atom stereocenters. The number of hydrogen-bond donors (Lipinski definition) is 2. The number of nitrogens with one attached hydrogen (secondary N) is 2. The zero-order valence-electron chi connectivity index (χ0n) is 16.0. The normalized spacial score (nSPS) is 12.9. The highest BCUT2D eigenvalue weighted by molar-refractivity contribution is 6.31. The van der Waals surface area contributed by atoms with E-state index in [1.54, 1.807) is 36.3 Å². The Labute approximate surface area is 176 Å². The fourth-order valence-electron chi connectivity index (χ4n) is 3.30. The SMILES string of the molecule is CNC(=O)c1cccc(-c2cnc3c(n2)N(Cc2c(F)ccc(F)c2Cl)CCN3)c1. The molecule has 30 heavy (non-hydrogen) atoms. The number of carbonyl (C=O) groups excluding carboxylic acids is 1. The number of aromatic nitrogens is 2. The fourth-order valence-corrected chi connectivity index (χ4v) is 3.51. The molecular formula is C21H18ClF2N5O. The van der Waals surface area contributed by atoms with Crippen molar-refractivity contribution in [3.8, 4) is 11.3 Å². The van der Waals surface area contributed by atoms with E-state index in [9.17, 15) is 13.6 Å². The maximum absolute atomic E-state index is 14.3. The zero-order valence-corrected chi connectivity index (χ0v) is 16.8. The van der Waals surface area contributed by atoms with E-state index in [0.717, 1.165) is 12.1 Å². The van der Waals surface area contributed by atoms with Crippen molar-refractivity contribution in [2.24, 2.45) is 0 Å². The van der Waals surface area contributed by atoms with Crippen LogP contribution in [0.5, 0.6) is 0 Å². The van der Waals surface area contributed by atoms with E-state index in [1.165, 1.54) is 0 Å². The van der Waals surface area contributed by atoms with Gasteiger partial charge in [-0.15, -0.1) is 0 Å². The number of carbonyl (C=O) groups is 1. The molecule has 0 radical (unpaired) electrons. The molecule has 4 rings (SSSR count). The number of nitrogens with zero attached hydrogens (tertiary/aromatic N) is 3. The lowest BCUT2D eigenvalue weighted by atomic mass is 10.1. The Morgan fingerprint density at radius 1 is 1.27 bits per heavy atom. The first-order valence-corrected chi connectivity index (χ1v) is 9.66. The molecule has 0 saturated carbocycles. The van der Waals surface area contributed by atoms with E-state index in [2.05, 4.69) is 20.6 Å². The average molecular weight is 430 g/mol. The van der Waals surface area contributed by atoms with Gasteiger partial charge >= 0.3 is 0 Å². The first-order chi connectivity index (χ1) is 14.5. The number of fused-ring (bicyclic) bond motifs is 1. The van der Waals surface area contributed by atoms with Crippen LogP contribution in [0.15, 0.2) is 42.6 Å². The fraction of sp³-hybridized carbons (Fsp3) is 0.190. The minimum absolute atomic E-state index is 0.0491. The molecule has 0 aliphatic carbocycles. The van der Waals surface area contributed by atoms with Gasteiger partial charge in [0.2, 0.25) is 0 Å². The van der Waals surface area contributed by atoms with E-state index >= 15 is 0 Å². The Morgan fingerprint density at radius 2 is 2.07 bits per heavy atom. The first kappa shape index (κ1) is 20.0. The highest BCUT2D eigenvalue weighted by Crippen LogP contribution is 2.32. The standard InChI is InChI=1S/C21H18ClF2N5O/c1-25-21(30)13-4-2-3-12(9-13)17-10-27-19-20(28-17)29(8-7-26-19)11-14-15(23)5-6-16(24)18(14)22/h2-6,9-10H,7-8,11H2,1H3,(H,25,30)(H,26,27). The number of anilines is 2. The molecule has 0 spiro atoms. The molecule has 1 aliphatic rings. The highest BCUT2D eigenvalue weighted by atomic mass is 35.5. The average Bonchev–Trinajstić information content (AvgIpc) is 2.78. The summed E-state index contributed by atoms with van der Waals surface area (Å²) in [6.07, 6.45) is 1.61. The van der Waals surface area contributed by atoms with Crippen LogP contribution < -0.4 is 15.5 Å². The Hall–Kier alpha value is -3.26. The van der Waals surface area contributed by atoms with E-state index in [-0.39, 0.29) is 23.0 Å². The summed E-state index contributed by atoms with van der Waals surface area (Å²) in [6.45, 7) is 1.13. The molecule has 0 fully saturated rings. The molecular weight excluding hydrogens is 412 g/mol. The van der Waals surface area contributed by atoms with Crippen LogP contribution in [0, 0.1) is 11.6 Å². The van der Waals surface area contributed by atoms with Crippen LogP contribution in [-0.4, -0.2) is 36.0 Å². The Morgan fingerprint density at radius 3 is 2.87 bits per heavy atom. The zero-order chi connectivity index (χ0) is 21.3. The lowest BCUT2D eigenvalue weighted by Gasteiger charge is -2.30. The smallest absolute Gasteiger partial charge is 0.251 e. The summed E-state index contributed by atoms with van der Waals surface area (Å²) in [5, 5.41) is 5.51. The number of benzene rings is 2. The lowest BCUT2D eigenvalue weighted by molar-refractivity contribution is 0.0963. The summed E-state index contributed by atoms with van der Waals surface area (Å²) in [6, 6.07) is 9.08. The third-order valence-corrected chi connectivity index (χ3v) is 5.27. The highest BCUT2D eigenvalue weighted by Gasteiger charge is 2.23. The number of halogens is 3. The molecule has 2 N–H and O–H groups in total. The number of hydrogen-bond acceptors (Lipinski definition) is 5. The second kappa shape index (κ2) is 8.23. The molecule has 1 amide bonds. The third-order valence-electron chi connectivity index (χ3n) is 4.86. The van der Waals surface area contributed by atoms with Crippen molar-refractivity contribution in [1.82, 2.24) is 15.3 Å². The van der Waals surface area contributed by atoms with Crippen LogP contribution in [0.25, 0.3) is 11.3 Å². The van der Waals surface area contributed by atoms with E-state index < -0.39 is 11.6 Å². The van der Waals surface area contributed by atoms with Crippen molar-refractivity contribution < 1.29 is 13.6 Å². The van der Waals surface area contributed by atoms with Gasteiger partial charge in [0, 0.05) is 43.4 Å². The van der Waals surface area contributed by atoms with Gasteiger partial charge in [0.05, 0.1) is 16.9 Å². The third kappa shape index (κ3) is 3.78. The first-order valence-electron chi connectivity index (χ1n) is 9.28. The molecule has 0 saturated heterocycles. The molecule has 0 bridgehead atoms. The van der Waals surface area contributed by atoms with Gasteiger partial charge in [-0.25, -0.2) is 18.7 Å². The predicted molar refractivity (Wildman–Crippen MR) is 112 cm³/mol. The molecule has 0 atom stereocenters. The Bertz CT molecular complexity index is 1120. The van der Waals surface area contributed by atoms with Crippen LogP contribution in [0.1, 0.15) is 15.9 Å². The van der Waals surface area contributed by atoms with Crippen molar-refractivity contribution in [2.45, 2.75) is 6.54 Å². The summed E-state index contributed by atoms with van der Waals surface area (Å²) >= 11 is 6.00. The van der Waals surface area contributed by atoms with Crippen molar-refractivity contribution in [1.29, 1.82) is 0 Å². The second-order valence-corrected chi connectivity index (χ2v) is 7.14. The molecule has 9 heteroatoms.